The topological polar surface area (TPSA) is 128 Å². The van der Waals surface area contributed by atoms with E-state index in [1.165, 1.54) is 31.0 Å². The number of aromatic nitrogens is 1. The van der Waals surface area contributed by atoms with Crippen LogP contribution in [0.15, 0.2) is 24.4 Å². The third kappa shape index (κ3) is 7.68. The number of aryl methyl sites for hydroxylation is 1. The number of ether oxygens (including phenoxy) is 2. The first kappa shape index (κ1) is 38.4. The molecule has 0 saturated carbocycles. The van der Waals surface area contributed by atoms with Crippen LogP contribution in [0.2, 0.25) is 0 Å². The molecule has 0 aliphatic carbocycles. The van der Waals surface area contributed by atoms with Crippen molar-refractivity contribution in [3.05, 3.63) is 46.9 Å². The molecule has 1 aromatic carbocycles. The number of benzene rings is 1. The Morgan fingerprint density at radius 1 is 1.22 bits per heavy atom. The number of likely N-dealkylation sites (tertiary alicyclic amines) is 1. The summed E-state index contributed by atoms with van der Waals surface area (Å²) in [5.74, 6) is -2.92. The molecule has 1 N–H and O–H groups in total. The van der Waals surface area contributed by atoms with Crippen LogP contribution in [0.25, 0.3) is 0 Å². The maximum Gasteiger partial charge on any atom is 0.420 e. The van der Waals surface area contributed by atoms with Gasteiger partial charge >= 0.3 is 6.18 Å². The normalized spacial score (nSPS) is 18.4. The molecule has 2 aliphatic heterocycles. The van der Waals surface area contributed by atoms with Crippen LogP contribution >= 0.6 is 12.2 Å². The Hall–Kier alpha value is -4.36. The second-order valence-corrected chi connectivity index (χ2v) is 14.2. The Labute approximate surface area is 293 Å². The van der Waals surface area contributed by atoms with Crippen LogP contribution < -0.4 is 19.9 Å². The van der Waals surface area contributed by atoms with Gasteiger partial charge in [0.2, 0.25) is 17.7 Å². The average Bonchev–Trinajstić information content (AvgIpc) is 3.51. The second-order valence-electron chi connectivity index (χ2n) is 13.9. The van der Waals surface area contributed by atoms with Gasteiger partial charge in [0.1, 0.15) is 30.4 Å². The second kappa shape index (κ2) is 14.5. The highest BCUT2D eigenvalue weighted by Gasteiger charge is 2.52. The van der Waals surface area contributed by atoms with Crippen LogP contribution in [0.1, 0.15) is 71.1 Å². The quantitative estimate of drug-likeness (QED) is 0.198. The highest BCUT2D eigenvalue weighted by Crippen LogP contribution is 2.42. The number of anilines is 2. The Balaban J connectivity index is 1.39. The number of rotatable bonds is 10. The highest BCUT2D eigenvalue weighted by atomic mass is 32.1. The summed E-state index contributed by atoms with van der Waals surface area (Å²) in [5.41, 5.74) is -4.61. The smallest absolute Gasteiger partial charge is 0.420 e. The van der Waals surface area contributed by atoms with Gasteiger partial charge in [-0.15, -0.1) is 0 Å². The molecule has 0 radical (unpaired) electrons. The maximum absolute atomic E-state index is 15.3. The lowest BCUT2D eigenvalue weighted by Crippen LogP contribution is -2.56. The SMILES string of the molecule is Cc1cc(N2C(=S)N(c3ccc(C#N)c(C(F)(F)F)c3F)C(=O)C2(C)C)cnc1OCCOCC(=O)NC(C(=O)N1CCCC1C)C(C)(C)C. The average molecular weight is 721 g/mol. The van der Waals surface area contributed by atoms with Crippen molar-refractivity contribution in [3.63, 3.8) is 0 Å². The van der Waals surface area contributed by atoms with Crippen LogP contribution in [-0.4, -0.2) is 76.7 Å². The zero-order chi connectivity index (χ0) is 37.3. The molecule has 270 valence electrons. The zero-order valence-corrected chi connectivity index (χ0v) is 29.7. The Morgan fingerprint density at radius 2 is 1.90 bits per heavy atom. The lowest BCUT2D eigenvalue weighted by atomic mass is 9.85. The van der Waals surface area contributed by atoms with Gasteiger partial charge in [-0.2, -0.15) is 18.4 Å². The minimum atomic E-state index is -5.19. The van der Waals surface area contributed by atoms with Crippen LogP contribution in [0.3, 0.4) is 0 Å². The third-order valence-electron chi connectivity index (χ3n) is 8.66. The lowest BCUT2D eigenvalue weighted by molar-refractivity contribution is -0.141. The van der Waals surface area contributed by atoms with E-state index in [-0.39, 0.29) is 42.8 Å². The fraction of sp³-hybridized carbons (Fsp3) is 0.529. The van der Waals surface area contributed by atoms with E-state index in [1.54, 1.807) is 17.9 Å². The summed E-state index contributed by atoms with van der Waals surface area (Å²) >= 11 is 5.49. The number of pyridine rings is 1. The molecule has 2 unspecified atom stereocenters. The molecule has 3 heterocycles. The number of hydrogen-bond acceptors (Lipinski definition) is 8. The predicted molar refractivity (Wildman–Crippen MR) is 180 cm³/mol. The number of hydrogen-bond donors (Lipinski definition) is 1. The molecule has 2 saturated heterocycles. The van der Waals surface area contributed by atoms with Crippen molar-refractivity contribution in [3.8, 4) is 11.9 Å². The summed E-state index contributed by atoms with van der Waals surface area (Å²) in [5, 5.41) is 11.6. The number of carbonyl (C=O) groups is 3. The number of carbonyl (C=O) groups excluding carboxylic acids is 3. The number of amides is 3. The van der Waals surface area contributed by atoms with Crippen LogP contribution in [0.4, 0.5) is 28.9 Å². The Kier molecular flexibility index (Phi) is 11.1. The van der Waals surface area contributed by atoms with E-state index in [0.717, 1.165) is 25.0 Å². The third-order valence-corrected chi connectivity index (χ3v) is 9.03. The van der Waals surface area contributed by atoms with Gasteiger partial charge in [-0.05, 0) is 76.4 Å². The molecule has 2 aliphatic rings. The minimum Gasteiger partial charge on any atom is -0.475 e. The van der Waals surface area contributed by atoms with Crippen molar-refractivity contribution in [2.75, 3.05) is 36.2 Å². The standard InChI is InChI=1S/C34H40F4N6O5S/c1-19-15-22(44-31(50)43(30(47)33(44,6)7)23-11-10-21(16-39)25(26(23)35)34(36,37)38)17-40-28(19)49-14-13-48-18-24(45)41-27(32(3,4)5)29(46)42-12-8-9-20(42)2/h10-11,15,17,20,27H,8-9,12-14,18H2,1-7H3,(H,41,45). The largest absolute Gasteiger partial charge is 0.475 e. The molecule has 1 aromatic heterocycles. The summed E-state index contributed by atoms with van der Waals surface area (Å²) in [7, 11) is 0. The van der Waals surface area contributed by atoms with E-state index >= 15 is 4.39 Å². The van der Waals surface area contributed by atoms with Gasteiger partial charge < -0.3 is 24.6 Å². The van der Waals surface area contributed by atoms with E-state index in [0.29, 0.717) is 22.7 Å². The number of nitrogens with one attached hydrogen (secondary N) is 1. The molecule has 0 spiro atoms. The van der Waals surface area contributed by atoms with Gasteiger partial charge in [0.05, 0.1) is 35.8 Å². The molecule has 3 amide bonds. The maximum atomic E-state index is 15.3. The fourth-order valence-corrected chi connectivity index (χ4v) is 6.52. The first-order valence-electron chi connectivity index (χ1n) is 16.0. The Morgan fingerprint density at radius 3 is 2.46 bits per heavy atom. The van der Waals surface area contributed by atoms with Crippen molar-refractivity contribution in [1.29, 1.82) is 5.26 Å². The molecule has 2 fully saturated rings. The van der Waals surface area contributed by atoms with E-state index in [4.69, 9.17) is 27.0 Å². The first-order valence-corrected chi connectivity index (χ1v) is 16.4. The van der Waals surface area contributed by atoms with Gasteiger partial charge in [0.25, 0.3) is 5.91 Å². The van der Waals surface area contributed by atoms with Gasteiger partial charge in [0, 0.05) is 18.2 Å². The predicted octanol–water partition coefficient (Wildman–Crippen LogP) is 5.27. The van der Waals surface area contributed by atoms with Crippen LogP contribution in [0, 0.1) is 29.5 Å². The summed E-state index contributed by atoms with van der Waals surface area (Å²) < 4.78 is 67.5. The number of nitrogens with zero attached hydrogens (tertiary/aromatic N) is 5. The number of thiocarbonyl (C=S) groups is 1. The van der Waals surface area contributed by atoms with Gasteiger partial charge in [-0.25, -0.2) is 9.37 Å². The van der Waals surface area contributed by atoms with Crippen molar-refractivity contribution in [1.82, 2.24) is 15.2 Å². The molecule has 4 rings (SSSR count). The van der Waals surface area contributed by atoms with Crippen LogP contribution in [0.5, 0.6) is 5.88 Å². The van der Waals surface area contributed by atoms with E-state index in [1.807, 2.05) is 27.7 Å². The molecule has 0 bridgehead atoms. The van der Waals surface area contributed by atoms with E-state index in [9.17, 15) is 27.6 Å². The molecule has 2 aromatic rings. The highest BCUT2D eigenvalue weighted by molar-refractivity contribution is 7.81. The van der Waals surface area contributed by atoms with Crippen molar-refractivity contribution < 1.29 is 41.4 Å². The number of nitriles is 1. The molecule has 16 heteroatoms. The number of halogens is 4. The minimum absolute atomic E-state index is 0.0206. The van der Waals surface area contributed by atoms with Crippen molar-refractivity contribution in [2.24, 2.45) is 5.41 Å². The molecule has 2 atom stereocenters. The van der Waals surface area contributed by atoms with E-state index < -0.39 is 57.6 Å². The summed E-state index contributed by atoms with van der Waals surface area (Å²) in [6.45, 7) is 12.7. The number of alkyl halides is 3. The first-order chi connectivity index (χ1) is 23.2. The zero-order valence-electron chi connectivity index (χ0n) is 28.9. The summed E-state index contributed by atoms with van der Waals surface area (Å²) in [4.78, 5) is 47.5. The molecule has 11 nitrogen and oxygen atoms in total. The van der Waals surface area contributed by atoms with Gasteiger partial charge in [0.15, 0.2) is 10.9 Å². The molecular formula is C34H40F4N6O5S. The molecule has 50 heavy (non-hydrogen) atoms. The summed E-state index contributed by atoms with van der Waals surface area (Å²) in [6, 6.07) is 4.04. The van der Waals surface area contributed by atoms with E-state index in [2.05, 4.69) is 10.3 Å². The Bertz CT molecular complexity index is 1720. The fourth-order valence-electron chi connectivity index (χ4n) is 6.01. The van der Waals surface area contributed by atoms with Crippen LogP contribution in [-0.2, 0) is 25.3 Å². The van der Waals surface area contributed by atoms with Crippen molar-refractivity contribution >= 4 is 46.4 Å². The molecular weight excluding hydrogens is 680 g/mol. The monoisotopic (exact) mass is 720 g/mol. The van der Waals surface area contributed by atoms with Gasteiger partial charge in [-0.3, -0.25) is 19.3 Å². The lowest BCUT2D eigenvalue weighted by Gasteiger charge is -2.35. The van der Waals surface area contributed by atoms with Gasteiger partial charge in [-0.1, -0.05) is 20.8 Å². The van der Waals surface area contributed by atoms with Crippen molar-refractivity contribution in [2.45, 2.75) is 85.1 Å². The summed E-state index contributed by atoms with van der Waals surface area (Å²) in [6.07, 6.45) is -1.99.